The van der Waals surface area contributed by atoms with Crippen molar-refractivity contribution in [3.05, 3.63) is 112 Å². The monoisotopic (exact) mass is 470 g/mol. The minimum Gasteiger partial charge on any atom is -0.378 e. The Labute approximate surface area is 205 Å². The SMILES string of the molecule is Cc1ccc(NC(=O)N2Cc3ccccc3-n3cccc3[C@H]2c2ccc(N(C)C)cc2)cc1Cl. The van der Waals surface area contributed by atoms with Gasteiger partial charge in [0.25, 0.3) is 0 Å². The molecular formula is C28H27ClN4O. The number of fused-ring (bicyclic) bond motifs is 3. The Kier molecular flexibility index (Phi) is 5.80. The molecule has 4 aromatic rings. The summed E-state index contributed by atoms with van der Waals surface area (Å²) in [6.07, 6.45) is 2.07. The highest BCUT2D eigenvalue weighted by atomic mass is 35.5. The van der Waals surface area contributed by atoms with Gasteiger partial charge in [0.15, 0.2) is 0 Å². The highest BCUT2D eigenvalue weighted by molar-refractivity contribution is 6.31. The molecule has 0 fully saturated rings. The lowest BCUT2D eigenvalue weighted by atomic mass is 10.0. The van der Waals surface area contributed by atoms with Gasteiger partial charge in [0.1, 0.15) is 0 Å². The molecule has 1 aliphatic rings. The number of urea groups is 1. The Bertz CT molecular complexity index is 1340. The van der Waals surface area contributed by atoms with E-state index in [0.29, 0.717) is 17.3 Å². The number of carbonyl (C=O) groups excluding carboxylic acids is 1. The third kappa shape index (κ3) is 4.03. The molecule has 2 heterocycles. The summed E-state index contributed by atoms with van der Waals surface area (Å²) in [5, 5.41) is 3.70. The van der Waals surface area contributed by atoms with Crippen molar-refractivity contribution in [1.82, 2.24) is 9.47 Å². The highest BCUT2D eigenvalue weighted by Gasteiger charge is 2.33. The summed E-state index contributed by atoms with van der Waals surface area (Å²) in [4.78, 5) is 17.7. The molecule has 0 saturated carbocycles. The lowest BCUT2D eigenvalue weighted by Gasteiger charge is -2.31. The number of rotatable bonds is 3. The fourth-order valence-corrected chi connectivity index (χ4v) is 4.69. The first-order chi connectivity index (χ1) is 16.4. The molecule has 3 aromatic carbocycles. The van der Waals surface area contributed by atoms with Crippen LogP contribution < -0.4 is 10.2 Å². The molecule has 5 nitrogen and oxygen atoms in total. The van der Waals surface area contributed by atoms with Crippen LogP contribution in [0.5, 0.6) is 0 Å². The lowest BCUT2D eigenvalue weighted by Crippen LogP contribution is -2.37. The van der Waals surface area contributed by atoms with E-state index in [0.717, 1.165) is 33.8 Å². The van der Waals surface area contributed by atoms with Gasteiger partial charge in [-0.05, 0) is 66.1 Å². The number of aromatic nitrogens is 1. The van der Waals surface area contributed by atoms with Gasteiger partial charge >= 0.3 is 6.03 Å². The van der Waals surface area contributed by atoms with Gasteiger partial charge in [-0.15, -0.1) is 0 Å². The number of hydrogen-bond acceptors (Lipinski definition) is 2. The van der Waals surface area contributed by atoms with E-state index in [2.05, 4.69) is 63.4 Å². The van der Waals surface area contributed by atoms with Crippen molar-refractivity contribution in [2.45, 2.75) is 19.5 Å². The van der Waals surface area contributed by atoms with E-state index in [1.165, 1.54) is 0 Å². The molecule has 34 heavy (non-hydrogen) atoms. The number of anilines is 2. The second kappa shape index (κ2) is 8.92. The van der Waals surface area contributed by atoms with Crippen LogP contribution in [0.25, 0.3) is 5.69 Å². The first kappa shape index (κ1) is 22.1. The van der Waals surface area contributed by atoms with Crippen molar-refractivity contribution in [2.24, 2.45) is 0 Å². The van der Waals surface area contributed by atoms with Crippen molar-refractivity contribution in [2.75, 3.05) is 24.3 Å². The maximum atomic E-state index is 13.8. The smallest absolute Gasteiger partial charge is 0.322 e. The number of aryl methyl sites for hydroxylation is 1. The van der Waals surface area contributed by atoms with Crippen LogP contribution in [0, 0.1) is 6.92 Å². The number of carbonyl (C=O) groups is 1. The fourth-order valence-electron chi connectivity index (χ4n) is 4.51. The lowest BCUT2D eigenvalue weighted by molar-refractivity contribution is 0.194. The van der Waals surface area contributed by atoms with Crippen LogP contribution in [0.1, 0.15) is 28.4 Å². The molecule has 2 amide bonds. The Morgan fingerprint density at radius 2 is 1.76 bits per heavy atom. The topological polar surface area (TPSA) is 40.5 Å². The van der Waals surface area contributed by atoms with E-state index in [4.69, 9.17) is 11.6 Å². The van der Waals surface area contributed by atoms with Gasteiger partial charge in [-0.1, -0.05) is 48.0 Å². The third-order valence-electron chi connectivity index (χ3n) is 6.37. The van der Waals surface area contributed by atoms with Crippen molar-refractivity contribution in [3.63, 3.8) is 0 Å². The molecule has 1 aromatic heterocycles. The average Bonchev–Trinajstić information content (AvgIpc) is 3.26. The molecule has 6 heteroatoms. The van der Waals surface area contributed by atoms with Gasteiger partial charge in [-0.2, -0.15) is 0 Å². The molecule has 1 aliphatic heterocycles. The number of halogens is 1. The molecule has 0 radical (unpaired) electrons. The Morgan fingerprint density at radius 1 is 1.00 bits per heavy atom. The van der Waals surface area contributed by atoms with Gasteiger partial charge in [-0.25, -0.2) is 4.79 Å². The summed E-state index contributed by atoms with van der Waals surface area (Å²) in [5.41, 5.74) is 7.03. The molecule has 1 N–H and O–H groups in total. The van der Waals surface area contributed by atoms with Crippen molar-refractivity contribution in [1.29, 1.82) is 0 Å². The molecule has 1 atom stereocenters. The van der Waals surface area contributed by atoms with Crippen LogP contribution >= 0.6 is 11.6 Å². The number of para-hydroxylation sites is 1. The number of nitrogens with one attached hydrogen (secondary N) is 1. The van der Waals surface area contributed by atoms with Crippen LogP contribution in [0.15, 0.2) is 85.1 Å². The largest absolute Gasteiger partial charge is 0.378 e. The maximum Gasteiger partial charge on any atom is 0.322 e. The Balaban J connectivity index is 1.60. The van der Waals surface area contributed by atoms with Gasteiger partial charge < -0.3 is 19.7 Å². The molecule has 0 saturated heterocycles. The summed E-state index contributed by atoms with van der Waals surface area (Å²) in [6.45, 7) is 2.42. The van der Waals surface area contributed by atoms with E-state index >= 15 is 0 Å². The molecule has 5 rings (SSSR count). The molecule has 0 unspecified atom stereocenters. The normalized spacial score (nSPS) is 14.7. The van der Waals surface area contributed by atoms with Gasteiger partial charge in [0.2, 0.25) is 0 Å². The van der Waals surface area contributed by atoms with Crippen molar-refractivity contribution >= 4 is 29.0 Å². The fraction of sp³-hybridized carbons (Fsp3) is 0.179. The van der Waals surface area contributed by atoms with E-state index < -0.39 is 0 Å². The number of amides is 2. The molecular weight excluding hydrogens is 444 g/mol. The first-order valence-corrected chi connectivity index (χ1v) is 11.7. The zero-order chi connectivity index (χ0) is 23.8. The minimum absolute atomic E-state index is 0.175. The summed E-state index contributed by atoms with van der Waals surface area (Å²) in [7, 11) is 4.05. The summed E-state index contributed by atoms with van der Waals surface area (Å²) in [5.74, 6) is 0. The van der Waals surface area contributed by atoms with Crippen LogP contribution in [0.3, 0.4) is 0 Å². The average molecular weight is 471 g/mol. The second-order valence-electron chi connectivity index (χ2n) is 8.84. The van der Waals surface area contributed by atoms with E-state index in [1.807, 2.05) is 56.3 Å². The van der Waals surface area contributed by atoms with Crippen LogP contribution in [-0.2, 0) is 6.54 Å². The van der Waals surface area contributed by atoms with E-state index in [9.17, 15) is 4.79 Å². The highest BCUT2D eigenvalue weighted by Crippen LogP contribution is 2.37. The first-order valence-electron chi connectivity index (χ1n) is 11.3. The summed E-state index contributed by atoms with van der Waals surface area (Å²) >= 11 is 6.32. The molecule has 0 bridgehead atoms. The molecule has 0 aliphatic carbocycles. The number of benzene rings is 3. The van der Waals surface area contributed by atoms with Crippen molar-refractivity contribution < 1.29 is 4.79 Å². The predicted molar refractivity (Wildman–Crippen MR) is 139 cm³/mol. The van der Waals surface area contributed by atoms with Crippen LogP contribution in [0.4, 0.5) is 16.2 Å². The zero-order valence-electron chi connectivity index (χ0n) is 19.5. The second-order valence-corrected chi connectivity index (χ2v) is 9.25. The number of hydrogen-bond donors (Lipinski definition) is 1. The molecule has 0 spiro atoms. The predicted octanol–water partition coefficient (Wildman–Crippen LogP) is 6.64. The van der Waals surface area contributed by atoms with Crippen molar-refractivity contribution in [3.8, 4) is 5.69 Å². The minimum atomic E-state index is -0.264. The summed E-state index contributed by atoms with van der Waals surface area (Å²) < 4.78 is 2.19. The Hall–Kier alpha value is -3.70. The van der Waals surface area contributed by atoms with Gasteiger partial charge in [0.05, 0.1) is 18.3 Å². The third-order valence-corrected chi connectivity index (χ3v) is 6.78. The summed E-state index contributed by atoms with van der Waals surface area (Å²) in [6, 6.07) is 25.9. The van der Waals surface area contributed by atoms with Gasteiger partial charge in [0, 0.05) is 42.4 Å². The van der Waals surface area contributed by atoms with Gasteiger partial charge in [-0.3, -0.25) is 0 Å². The number of nitrogens with zero attached hydrogens (tertiary/aromatic N) is 3. The van der Waals surface area contributed by atoms with E-state index in [-0.39, 0.29) is 12.1 Å². The zero-order valence-corrected chi connectivity index (χ0v) is 20.3. The van der Waals surface area contributed by atoms with E-state index in [1.54, 1.807) is 6.07 Å². The quantitative estimate of drug-likeness (QED) is 0.364. The maximum absolute atomic E-state index is 13.8. The Morgan fingerprint density at radius 3 is 2.50 bits per heavy atom. The van der Waals surface area contributed by atoms with Crippen LogP contribution in [0.2, 0.25) is 5.02 Å². The van der Waals surface area contributed by atoms with Crippen LogP contribution in [-0.4, -0.2) is 29.6 Å². The molecule has 172 valence electrons. The standard InChI is InChI=1S/C28H27ClN4O/c1-19-10-13-22(17-24(19)29)30-28(34)33-18-21-7-4-5-8-25(21)32-16-6-9-26(32)27(33)20-11-14-23(15-12-20)31(2)3/h4-17,27H,18H2,1-3H3,(H,30,34)/t27-/m1/s1.